The number of rotatable bonds is 3. The quantitative estimate of drug-likeness (QED) is 0.680. The maximum absolute atomic E-state index is 10.9. The minimum atomic E-state index is -1.08. The predicted molar refractivity (Wildman–Crippen MR) is 47.8 cm³/mol. The van der Waals surface area contributed by atoms with Gasteiger partial charge in [-0.25, -0.2) is 4.98 Å². The van der Waals surface area contributed by atoms with Crippen molar-refractivity contribution in [1.29, 1.82) is 0 Å². The van der Waals surface area contributed by atoms with Crippen LogP contribution in [0.1, 0.15) is 17.4 Å². The topological polar surface area (TPSA) is 98.2 Å². The van der Waals surface area contributed by atoms with E-state index < -0.39 is 12.0 Å². The summed E-state index contributed by atoms with van der Waals surface area (Å²) in [4.78, 5) is 25.1. The summed E-state index contributed by atoms with van der Waals surface area (Å²) in [5, 5.41) is 8.53. The second-order valence-corrected chi connectivity index (χ2v) is 2.94. The Bertz CT molecular complexity index is 358. The maximum atomic E-state index is 10.9. The van der Waals surface area contributed by atoms with Crippen LogP contribution in [0.2, 0.25) is 0 Å². The Kier molecular flexibility index (Phi) is 2.98. The lowest BCUT2D eigenvalue weighted by atomic mass is 10.2. The largest absolute Gasteiger partial charge is 0.480 e. The predicted octanol–water partition coefficient (Wildman–Crippen LogP) is -0.502. The SMILES string of the molecule is CC(=O)n1cnc(C[C@H](N)C(=O)O)c1. The van der Waals surface area contributed by atoms with Crippen molar-refractivity contribution >= 4 is 11.9 Å². The monoisotopic (exact) mass is 197 g/mol. The van der Waals surface area contributed by atoms with Crippen LogP contribution in [0.25, 0.3) is 0 Å². The van der Waals surface area contributed by atoms with Gasteiger partial charge in [0.1, 0.15) is 12.4 Å². The van der Waals surface area contributed by atoms with Crippen LogP contribution < -0.4 is 5.73 Å². The molecule has 1 aromatic heterocycles. The Morgan fingerprint density at radius 1 is 1.71 bits per heavy atom. The van der Waals surface area contributed by atoms with Gasteiger partial charge in [-0.1, -0.05) is 0 Å². The zero-order valence-electron chi connectivity index (χ0n) is 7.67. The van der Waals surface area contributed by atoms with Gasteiger partial charge in [0.25, 0.3) is 0 Å². The van der Waals surface area contributed by atoms with Crippen LogP contribution in [-0.4, -0.2) is 32.6 Å². The van der Waals surface area contributed by atoms with Gasteiger partial charge in [-0.2, -0.15) is 0 Å². The minimum Gasteiger partial charge on any atom is -0.480 e. The highest BCUT2D eigenvalue weighted by Gasteiger charge is 2.13. The van der Waals surface area contributed by atoms with E-state index in [0.717, 1.165) is 0 Å². The highest BCUT2D eigenvalue weighted by atomic mass is 16.4. The number of carboxylic acids is 1. The lowest BCUT2D eigenvalue weighted by Crippen LogP contribution is -2.32. The molecule has 0 aliphatic rings. The number of hydrogen-bond donors (Lipinski definition) is 2. The average molecular weight is 197 g/mol. The van der Waals surface area contributed by atoms with E-state index in [4.69, 9.17) is 10.8 Å². The van der Waals surface area contributed by atoms with Crippen LogP contribution in [0, 0.1) is 0 Å². The molecule has 0 amide bonds. The van der Waals surface area contributed by atoms with E-state index >= 15 is 0 Å². The van der Waals surface area contributed by atoms with Crippen molar-refractivity contribution in [2.45, 2.75) is 19.4 Å². The number of hydrogen-bond acceptors (Lipinski definition) is 4. The van der Waals surface area contributed by atoms with Crippen molar-refractivity contribution in [1.82, 2.24) is 9.55 Å². The summed E-state index contributed by atoms with van der Waals surface area (Å²) in [5.41, 5.74) is 5.80. The number of aliphatic carboxylic acids is 1. The van der Waals surface area contributed by atoms with Gasteiger partial charge >= 0.3 is 5.97 Å². The molecule has 0 fully saturated rings. The molecule has 0 aliphatic carbocycles. The van der Waals surface area contributed by atoms with E-state index in [9.17, 15) is 9.59 Å². The van der Waals surface area contributed by atoms with E-state index in [2.05, 4.69) is 4.98 Å². The van der Waals surface area contributed by atoms with Gasteiger partial charge in [0.15, 0.2) is 0 Å². The summed E-state index contributed by atoms with van der Waals surface area (Å²) in [7, 11) is 0. The minimum absolute atomic E-state index is 0.121. The fourth-order valence-corrected chi connectivity index (χ4v) is 0.954. The van der Waals surface area contributed by atoms with Crippen molar-refractivity contribution in [2.75, 3.05) is 0 Å². The number of aromatic nitrogens is 2. The third kappa shape index (κ3) is 2.40. The first-order valence-corrected chi connectivity index (χ1v) is 4.03. The van der Waals surface area contributed by atoms with Gasteiger partial charge in [0, 0.05) is 19.5 Å². The molecule has 0 aliphatic heterocycles. The van der Waals surface area contributed by atoms with Gasteiger partial charge in [-0.15, -0.1) is 0 Å². The Hall–Kier alpha value is -1.69. The molecule has 0 unspecified atom stereocenters. The Morgan fingerprint density at radius 2 is 2.36 bits per heavy atom. The lowest BCUT2D eigenvalue weighted by Gasteiger charge is -2.01. The Morgan fingerprint density at radius 3 is 2.79 bits per heavy atom. The Labute approximate surface area is 80.4 Å². The standard InChI is InChI=1S/C8H11N3O3/c1-5(12)11-3-6(10-4-11)2-7(9)8(13)14/h3-4,7H,2,9H2,1H3,(H,13,14)/t7-/m0/s1. The van der Waals surface area contributed by atoms with Crippen molar-refractivity contribution in [2.24, 2.45) is 5.73 Å². The molecule has 76 valence electrons. The third-order valence-corrected chi connectivity index (χ3v) is 1.75. The molecule has 0 spiro atoms. The van der Waals surface area contributed by atoms with Gasteiger partial charge in [-0.05, 0) is 0 Å². The summed E-state index contributed by atoms with van der Waals surface area (Å²) in [6.45, 7) is 1.39. The van der Waals surface area contributed by atoms with E-state index in [1.54, 1.807) is 0 Å². The van der Waals surface area contributed by atoms with Crippen molar-refractivity contribution in [3.63, 3.8) is 0 Å². The van der Waals surface area contributed by atoms with E-state index in [1.807, 2.05) is 0 Å². The van der Waals surface area contributed by atoms with Crippen LogP contribution in [0.4, 0.5) is 0 Å². The number of imidazole rings is 1. The molecular formula is C8H11N3O3. The molecule has 3 N–H and O–H groups in total. The fraction of sp³-hybridized carbons (Fsp3) is 0.375. The molecule has 0 saturated carbocycles. The number of carboxylic acid groups (broad SMARTS) is 1. The van der Waals surface area contributed by atoms with E-state index in [0.29, 0.717) is 5.69 Å². The van der Waals surface area contributed by atoms with Gasteiger partial charge in [-0.3, -0.25) is 14.2 Å². The molecule has 1 atom stereocenters. The van der Waals surface area contributed by atoms with E-state index in [-0.39, 0.29) is 12.3 Å². The molecular weight excluding hydrogens is 186 g/mol. The molecule has 0 radical (unpaired) electrons. The molecule has 6 heteroatoms. The number of carbonyl (C=O) groups is 2. The first-order valence-electron chi connectivity index (χ1n) is 4.03. The molecule has 1 heterocycles. The highest BCUT2D eigenvalue weighted by molar-refractivity contribution is 5.76. The summed E-state index contributed by atoms with van der Waals surface area (Å²) in [6, 6.07) is -0.981. The zero-order valence-corrected chi connectivity index (χ0v) is 7.67. The fourth-order valence-electron chi connectivity index (χ4n) is 0.954. The third-order valence-electron chi connectivity index (χ3n) is 1.75. The summed E-state index contributed by atoms with van der Waals surface area (Å²) in [5.74, 6) is -1.25. The molecule has 0 bridgehead atoms. The van der Waals surface area contributed by atoms with Crippen molar-refractivity contribution in [3.05, 3.63) is 18.2 Å². The van der Waals surface area contributed by atoms with Gasteiger partial charge < -0.3 is 10.8 Å². The number of carbonyl (C=O) groups excluding carboxylic acids is 1. The molecule has 0 aromatic carbocycles. The second-order valence-electron chi connectivity index (χ2n) is 2.94. The Balaban J connectivity index is 2.69. The van der Waals surface area contributed by atoms with Crippen LogP contribution in [0.15, 0.2) is 12.5 Å². The second kappa shape index (κ2) is 4.01. The molecule has 6 nitrogen and oxygen atoms in total. The van der Waals surface area contributed by atoms with Gasteiger partial charge in [0.2, 0.25) is 5.91 Å². The summed E-state index contributed by atoms with van der Waals surface area (Å²) >= 11 is 0. The number of nitrogens with two attached hydrogens (primary N) is 1. The van der Waals surface area contributed by atoms with Crippen LogP contribution in [0.5, 0.6) is 0 Å². The van der Waals surface area contributed by atoms with Crippen LogP contribution >= 0.6 is 0 Å². The molecule has 0 saturated heterocycles. The maximum Gasteiger partial charge on any atom is 0.320 e. The molecule has 14 heavy (non-hydrogen) atoms. The summed E-state index contributed by atoms with van der Waals surface area (Å²) in [6.07, 6.45) is 2.94. The summed E-state index contributed by atoms with van der Waals surface area (Å²) < 4.78 is 1.28. The normalized spacial score (nSPS) is 12.4. The van der Waals surface area contributed by atoms with Crippen molar-refractivity contribution in [3.8, 4) is 0 Å². The molecule has 1 rings (SSSR count). The zero-order chi connectivity index (χ0) is 10.7. The van der Waals surface area contributed by atoms with Crippen molar-refractivity contribution < 1.29 is 14.7 Å². The smallest absolute Gasteiger partial charge is 0.320 e. The van der Waals surface area contributed by atoms with Crippen LogP contribution in [0.3, 0.4) is 0 Å². The van der Waals surface area contributed by atoms with Gasteiger partial charge in [0.05, 0.1) is 5.69 Å². The van der Waals surface area contributed by atoms with Crippen LogP contribution in [-0.2, 0) is 11.2 Å². The lowest BCUT2D eigenvalue weighted by molar-refractivity contribution is -0.138. The van der Waals surface area contributed by atoms with E-state index in [1.165, 1.54) is 24.0 Å². The number of nitrogens with zero attached hydrogens (tertiary/aromatic N) is 2. The first kappa shape index (κ1) is 10.4. The average Bonchev–Trinajstić information content (AvgIpc) is 2.52. The first-order chi connectivity index (χ1) is 6.50. The highest BCUT2D eigenvalue weighted by Crippen LogP contribution is 1.99. The molecule has 1 aromatic rings.